The third-order valence-electron chi connectivity index (χ3n) is 2.33. The van der Waals surface area contributed by atoms with E-state index in [9.17, 15) is 9.18 Å². The van der Waals surface area contributed by atoms with Crippen molar-refractivity contribution in [2.45, 2.75) is 6.92 Å². The number of nitrogen functional groups attached to an aromatic ring is 2. The van der Waals surface area contributed by atoms with E-state index in [0.717, 1.165) is 4.68 Å². The first kappa shape index (κ1) is 12.7. The van der Waals surface area contributed by atoms with E-state index in [-0.39, 0.29) is 23.0 Å². The number of carbonyl (C=O) groups is 1. The number of aromatic nitrogens is 2. The number of benzene rings is 1. The van der Waals surface area contributed by atoms with Crippen LogP contribution in [0.4, 0.5) is 27.4 Å². The van der Waals surface area contributed by atoms with Gasteiger partial charge in [-0.15, -0.1) is 15.3 Å². The van der Waals surface area contributed by atoms with Gasteiger partial charge in [-0.1, -0.05) is 12.1 Å². The van der Waals surface area contributed by atoms with Gasteiger partial charge in [0.05, 0.1) is 0 Å². The molecule has 0 radical (unpaired) electrons. The SMILES string of the molecule is CC(=O)n1nc(N)c(N=Nc2ccccc2F)c1N. The molecule has 1 heterocycles. The fraction of sp³-hybridized carbons (Fsp3) is 0.0909. The van der Waals surface area contributed by atoms with E-state index in [1.807, 2.05) is 0 Å². The topological polar surface area (TPSA) is 112 Å². The van der Waals surface area contributed by atoms with Gasteiger partial charge in [0.1, 0.15) is 5.69 Å². The number of nitrogens with two attached hydrogens (primary N) is 2. The largest absolute Gasteiger partial charge is 0.382 e. The van der Waals surface area contributed by atoms with E-state index in [2.05, 4.69) is 15.3 Å². The maximum Gasteiger partial charge on any atom is 0.245 e. The highest BCUT2D eigenvalue weighted by Crippen LogP contribution is 2.30. The monoisotopic (exact) mass is 262 g/mol. The first-order valence-corrected chi connectivity index (χ1v) is 5.32. The Morgan fingerprint density at radius 1 is 1.32 bits per heavy atom. The molecular formula is C11H11FN6O. The molecule has 2 rings (SSSR count). The molecule has 0 fully saturated rings. The van der Waals surface area contributed by atoms with Crippen LogP contribution in [-0.4, -0.2) is 15.7 Å². The maximum atomic E-state index is 13.3. The number of hydrogen-bond donors (Lipinski definition) is 2. The van der Waals surface area contributed by atoms with Crippen LogP contribution < -0.4 is 11.5 Å². The lowest BCUT2D eigenvalue weighted by atomic mass is 10.3. The summed E-state index contributed by atoms with van der Waals surface area (Å²) in [4.78, 5) is 11.2. The fourth-order valence-corrected chi connectivity index (χ4v) is 1.42. The van der Waals surface area contributed by atoms with Gasteiger partial charge >= 0.3 is 0 Å². The number of rotatable bonds is 2. The van der Waals surface area contributed by atoms with E-state index < -0.39 is 11.7 Å². The summed E-state index contributed by atoms with van der Waals surface area (Å²) in [5.74, 6) is -1.02. The molecule has 7 nitrogen and oxygen atoms in total. The zero-order valence-corrected chi connectivity index (χ0v) is 10.0. The van der Waals surface area contributed by atoms with Gasteiger partial charge in [-0.05, 0) is 12.1 Å². The molecule has 1 aromatic carbocycles. The van der Waals surface area contributed by atoms with Gasteiger partial charge < -0.3 is 11.5 Å². The lowest BCUT2D eigenvalue weighted by Crippen LogP contribution is -2.10. The summed E-state index contributed by atoms with van der Waals surface area (Å²) in [6.07, 6.45) is 0. The number of hydrogen-bond acceptors (Lipinski definition) is 6. The Morgan fingerprint density at radius 2 is 2.00 bits per heavy atom. The van der Waals surface area contributed by atoms with Crippen molar-refractivity contribution in [1.82, 2.24) is 9.78 Å². The van der Waals surface area contributed by atoms with E-state index in [1.165, 1.54) is 25.1 Å². The van der Waals surface area contributed by atoms with Crippen LogP contribution in [-0.2, 0) is 0 Å². The summed E-state index contributed by atoms with van der Waals surface area (Å²) in [7, 11) is 0. The third-order valence-corrected chi connectivity index (χ3v) is 2.33. The number of nitrogens with zero attached hydrogens (tertiary/aromatic N) is 4. The molecule has 0 aliphatic carbocycles. The predicted molar refractivity (Wildman–Crippen MR) is 67.9 cm³/mol. The molecule has 0 unspecified atom stereocenters. The van der Waals surface area contributed by atoms with Crippen molar-refractivity contribution in [2.24, 2.45) is 10.2 Å². The molecule has 0 aliphatic heterocycles. The van der Waals surface area contributed by atoms with E-state index >= 15 is 0 Å². The van der Waals surface area contributed by atoms with Crippen LogP contribution in [0.3, 0.4) is 0 Å². The Bertz CT molecular complexity index is 663. The number of azo groups is 1. The van der Waals surface area contributed by atoms with Gasteiger partial charge in [0.2, 0.25) is 5.91 Å². The van der Waals surface area contributed by atoms with Crippen molar-refractivity contribution >= 4 is 28.9 Å². The van der Waals surface area contributed by atoms with Gasteiger partial charge in [-0.3, -0.25) is 4.79 Å². The van der Waals surface area contributed by atoms with E-state index in [1.54, 1.807) is 6.07 Å². The first-order chi connectivity index (χ1) is 9.00. The Hall–Kier alpha value is -2.77. The molecule has 1 aromatic heterocycles. The van der Waals surface area contributed by atoms with Crippen molar-refractivity contribution in [3.8, 4) is 0 Å². The molecule has 2 aromatic rings. The van der Waals surface area contributed by atoms with Crippen LogP contribution in [0.1, 0.15) is 11.7 Å². The summed E-state index contributed by atoms with van der Waals surface area (Å²) < 4.78 is 14.2. The number of anilines is 2. The smallest absolute Gasteiger partial charge is 0.245 e. The van der Waals surface area contributed by atoms with Crippen molar-refractivity contribution in [3.63, 3.8) is 0 Å². The molecule has 0 aliphatic rings. The van der Waals surface area contributed by atoms with Crippen LogP contribution >= 0.6 is 0 Å². The molecule has 0 amide bonds. The summed E-state index contributed by atoms with van der Waals surface area (Å²) in [6.45, 7) is 1.28. The summed E-state index contributed by atoms with van der Waals surface area (Å²) in [5, 5.41) is 11.2. The Kier molecular flexibility index (Phi) is 3.23. The van der Waals surface area contributed by atoms with Crippen molar-refractivity contribution in [2.75, 3.05) is 11.5 Å². The summed E-state index contributed by atoms with van der Waals surface area (Å²) in [6, 6.07) is 5.84. The minimum absolute atomic E-state index is 0.0370. The second-order valence-corrected chi connectivity index (χ2v) is 3.70. The zero-order chi connectivity index (χ0) is 14.0. The number of halogens is 1. The van der Waals surface area contributed by atoms with Gasteiger partial charge in [-0.2, -0.15) is 4.68 Å². The van der Waals surface area contributed by atoms with Gasteiger partial charge in [-0.25, -0.2) is 4.39 Å². The molecule has 8 heteroatoms. The highest BCUT2D eigenvalue weighted by atomic mass is 19.1. The average Bonchev–Trinajstić information content (AvgIpc) is 2.65. The molecule has 0 saturated heterocycles. The summed E-state index contributed by atoms with van der Waals surface area (Å²) >= 11 is 0. The third kappa shape index (κ3) is 2.41. The van der Waals surface area contributed by atoms with Crippen molar-refractivity contribution in [3.05, 3.63) is 30.1 Å². The van der Waals surface area contributed by atoms with Crippen LogP contribution in [0.5, 0.6) is 0 Å². The van der Waals surface area contributed by atoms with Crippen molar-refractivity contribution < 1.29 is 9.18 Å². The number of carbonyl (C=O) groups excluding carboxylic acids is 1. The minimum Gasteiger partial charge on any atom is -0.382 e. The second-order valence-electron chi connectivity index (χ2n) is 3.70. The first-order valence-electron chi connectivity index (χ1n) is 5.32. The molecular weight excluding hydrogens is 251 g/mol. The minimum atomic E-state index is -0.526. The maximum absolute atomic E-state index is 13.3. The highest BCUT2D eigenvalue weighted by Gasteiger charge is 2.15. The lowest BCUT2D eigenvalue weighted by Gasteiger charge is -1.96. The molecule has 19 heavy (non-hydrogen) atoms. The molecule has 0 atom stereocenters. The lowest BCUT2D eigenvalue weighted by molar-refractivity contribution is 0.0924. The van der Waals surface area contributed by atoms with Gasteiger partial charge in [0.25, 0.3) is 0 Å². The van der Waals surface area contributed by atoms with Gasteiger partial charge in [0.15, 0.2) is 23.1 Å². The molecule has 0 saturated carbocycles. The zero-order valence-electron chi connectivity index (χ0n) is 10.0. The molecule has 98 valence electrons. The Morgan fingerprint density at radius 3 is 2.58 bits per heavy atom. The second kappa shape index (κ2) is 4.84. The van der Waals surface area contributed by atoms with E-state index in [4.69, 9.17) is 11.5 Å². The Labute approximate surface area is 107 Å². The van der Waals surface area contributed by atoms with Crippen LogP contribution in [0, 0.1) is 5.82 Å². The predicted octanol–water partition coefficient (Wildman–Crippen LogP) is 2.26. The normalized spacial score (nSPS) is 11.1. The molecule has 4 N–H and O–H groups in total. The van der Waals surface area contributed by atoms with Gasteiger partial charge in [0, 0.05) is 6.92 Å². The van der Waals surface area contributed by atoms with E-state index in [0.29, 0.717) is 0 Å². The van der Waals surface area contributed by atoms with Crippen LogP contribution in [0.25, 0.3) is 0 Å². The summed E-state index contributed by atoms with van der Waals surface area (Å²) in [5.41, 5.74) is 11.3. The fourth-order valence-electron chi connectivity index (χ4n) is 1.42. The van der Waals surface area contributed by atoms with Crippen LogP contribution in [0.15, 0.2) is 34.5 Å². The standard InChI is InChI=1S/C11H11FN6O/c1-6(19)18-11(14)9(10(13)17-18)16-15-8-5-3-2-4-7(8)12/h2-5H,14H2,1H3,(H2,13,17). The highest BCUT2D eigenvalue weighted by molar-refractivity contribution is 5.85. The molecule has 0 spiro atoms. The quantitative estimate of drug-likeness (QED) is 0.808. The molecule has 0 bridgehead atoms. The van der Waals surface area contributed by atoms with Crippen molar-refractivity contribution in [1.29, 1.82) is 0 Å². The Balaban J connectivity index is 2.39. The average molecular weight is 262 g/mol. The van der Waals surface area contributed by atoms with Crippen LogP contribution in [0.2, 0.25) is 0 Å².